The quantitative estimate of drug-likeness (QED) is 0.384. The van der Waals surface area contributed by atoms with Crippen LogP contribution in [0.4, 0.5) is 11.4 Å². The van der Waals surface area contributed by atoms with Gasteiger partial charge in [-0.1, -0.05) is 6.07 Å². The highest BCUT2D eigenvalue weighted by Gasteiger charge is 2.18. The lowest BCUT2D eigenvalue weighted by atomic mass is 10.1. The SMILES string of the molecule is COc1ccc(CCN(C)CCOc2ccc(NS(C)(=O)=O)c([N+](=O)[O-])c2)cc1OC. The van der Waals surface area contributed by atoms with Gasteiger partial charge in [0.1, 0.15) is 18.0 Å². The highest BCUT2D eigenvalue weighted by atomic mass is 32.2. The zero-order chi connectivity index (χ0) is 23.0. The zero-order valence-electron chi connectivity index (χ0n) is 18.0. The minimum atomic E-state index is -3.63. The lowest BCUT2D eigenvalue weighted by Crippen LogP contribution is -2.26. The number of likely N-dealkylation sites (N-methyl/N-ethyl adjacent to an activating group) is 1. The van der Waals surface area contributed by atoms with Crippen LogP contribution in [0.15, 0.2) is 36.4 Å². The Hall–Kier alpha value is -3.05. The molecule has 2 rings (SSSR count). The molecule has 0 unspecified atom stereocenters. The van der Waals surface area contributed by atoms with E-state index < -0.39 is 14.9 Å². The van der Waals surface area contributed by atoms with Gasteiger partial charge in [0.05, 0.1) is 31.5 Å². The van der Waals surface area contributed by atoms with Gasteiger partial charge in [0.2, 0.25) is 10.0 Å². The molecule has 2 aromatic rings. The van der Waals surface area contributed by atoms with E-state index in [4.69, 9.17) is 14.2 Å². The number of sulfonamides is 1. The molecular formula is C20H27N3O7S. The van der Waals surface area contributed by atoms with Crippen molar-refractivity contribution in [1.82, 2.24) is 4.90 Å². The third-order valence-corrected chi connectivity index (χ3v) is 5.02. The first-order valence-corrected chi connectivity index (χ1v) is 11.3. The van der Waals surface area contributed by atoms with Gasteiger partial charge in [0, 0.05) is 13.1 Å². The average Bonchev–Trinajstić information content (AvgIpc) is 2.71. The Morgan fingerprint density at radius 1 is 1.06 bits per heavy atom. The van der Waals surface area contributed by atoms with Crippen LogP contribution in [0.1, 0.15) is 5.56 Å². The fourth-order valence-electron chi connectivity index (χ4n) is 2.83. The number of rotatable bonds is 12. The van der Waals surface area contributed by atoms with Crippen LogP contribution >= 0.6 is 0 Å². The predicted octanol–water partition coefficient (Wildman–Crippen LogP) is 2.54. The molecular weight excluding hydrogens is 426 g/mol. The largest absolute Gasteiger partial charge is 0.493 e. The third-order valence-electron chi connectivity index (χ3n) is 4.43. The molecule has 0 saturated carbocycles. The third kappa shape index (κ3) is 7.61. The van der Waals surface area contributed by atoms with Gasteiger partial charge >= 0.3 is 0 Å². The van der Waals surface area contributed by atoms with Crippen LogP contribution in [0.2, 0.25) is 0 Å². The second-order valence-electron chi connectivity index (χ2n) is 6.90. The van der Waals surface area contributed by atoms with Crippen molar-refractivity contribution in [2.24, 2.45) is 0 Å². The molecule has 0 spiro atoms. The lowest BCUT2D eigenvalue weighted by molar-refractivity contribution is -0.384. The molecule has 0 bridgehead atoms. The van der Waals surface area contributed by atoms with Gasteiger partial charge in [-0.2, -0.15) is 0 Å². The zero-order valence-corrected chi connectivity index (χ0v) is 18.8. The molecule has 31 heavy (non-hydrogen) atoms. The minimum Gasteiger partial charge on any atom is -0.493 e. The first kappa shape index (κ1) is 24.2. The van der Waals surface area contributed by atoms with Crippen molar-refractivity contribution < 1.29 is 27.6 Å². The molecule has 0 aliphatic carbocycles. The number of nitrogens with zero attached hydrogens (tertiary/aromatic N) is 2. The first-order chi connectivity index (χ1) is 14.6. The maximum Gasteiger partial charge on any atom is 0.297 e. The Balaban J connectivity index is 1.88. The summed E-state index contributed by atoms with van der Waals surface area (Å²) in [6.45, 7) is 1.69. The van der Waals surface area contributed by atoms with E-state index in [1.807, 2.05) is 25.2 Å². The summed E-state index contributed by atoms with van der Waals surface area (Å²) < 4.78 is 41.0. The summed E-state index contributed by atoms with van der Waals surface area (Å²) in [5.74, 6) is 1.65. The van der Waals surface area contributed by atoms with Gasteiger partial charge in [-0.3, -0.25) is 14.8 Å². The number of benzene rings is 2. The van der Waals surface area contributed by atoms with E-state index in [1.165, 1.54) is 18.2 Å². The molecule has 0 atom stereocenters. The van der Waals surface area contributed by atoms with Gasteiger partial charge < -0.3 is 19.1 Å². The summed E-state index contributed by atoms with van der Waals surface area (Å²) in [4.78, 5) is 12.7. The molecule has 1 N–H and O–H groups in total. The van der Waals surface area contributed by atoms with Crippen molar-refractivity contribution in [1.29, 1.82) is 0 Å². The van der Waals surface area contributed by atoms with Crippen LogP contribution in [0.5, 0.6) is 17.2 Å². The number of nitro benzene ring substituents is 1. The molecule has 0 radical (unpaired) electrons. The summed E-state index contributed by atoms with van der Waals surface area (Å²) in [5, 5.41) is 11.2. The number of nitrogens with one attached hydrogen (secondary N) is 1. The Morgan fingerprint density at radius 2 is 1.77 bits per heavy atom. The van der Waals surface area contributed by atoms with E-state index in [1.54, 1.807) is 14.2 Å². The molecule has 0 aromatic heterocycles. The minimum absolute atomic E-state index is 0.105. The standard InChI is InChI=1S/C20H27N3O7S/c1-22(10-9-15-5-8-19(28-2)20(13-15)29-3)11-12-30-16-6-7-17(21-31(4,26)27)18(14-16)23(24)25/h5-8,13-14,21H,9-12H2,1-4H3. The Labute approximate surface area is 181 Å². The van der Waals surface area contributed by atoms with E-state index in [9.17, 15) is 18.5 Å². The smallest absolute Gasteiger partial charge is 0.297 e. The van der Waals surface area contributed by atoms with E-state index in [2.05, 4.69) is 9.62 Å². The molecule has 170 valence electrons. The highest BCUT2D eigenvalue weighted by Crippen LogP contribution is 2.30. The number of methoxy groups -OCH3 is 2. The summed E-state index contributed by atoms with van der Waals surface area (Å²) >= 11 is 0. The van der Waals surface area contributed by atoms with Crippen molar-refractivity contribution in [3.63, 3.8) is 0 Å². The molecule has 0 heterocycles. The monoisotopic (exact) mass is 453 g/mol. The van der Waals surface area contributed by atoms with Crippen molar-refractivity contribution in [3.05, 3.63) is 52.1 Å². The van der Waals surface area contributed by atoms with Crippen molar-refractivity contribution in [2.75, 3.05) is 51.9 Å². The van der Waals surface area contributed by atoms with Crippen LogP contribution in [-0.2, 0) is 16.4 Å². The van der Waals surface area contributed by atoms with Crippen molar-refractivity contribution in [2.45, 2.75) is 6.42 Å². The van der Waals surface area contributed by atoms with Gasteiger partial charge in [0.25, 0.3) is 5.69 Å². The molecule has 10 nitrogen and oxygen atoms in total. The fourth-order valence-corrected chi connectivity index (χ4v) is 3.40. The second-order valence-corrected chi connectivity index (χ2v) is 8.65. The van der Waals surface area contributed by atoms with E-state index in [-0.39, 0.29) is 11.4 Å². The molecule has 0 amide bonds. The van der Waals surface area contributed by atoms with E-state index in [0.29, 0.717) is 30.4 Å². The number of ether oxygens (including phenoxy) is 3. The van der Waals surface area contributed by atoms with Crippen LogP contribution < -0.4 is 18.9 Å². The number of hydrogen-bond donors (Lipinski definition) is 1. The number of nitro groups is 1. The lowest BCUT2D eigenvalue weighted by Gasteiger charge is -2.17. The Kier molecular flexibility index (Phi) is 8.46. The maximum atomic E-state index is 11.4. The van der Waals surface area contributed by atoms with Crippen LogP contribution in [0.3, 0.4) is 0 Å². The predicted molar refractivity (Wildman–Crippen MR) is 118 cm³/mol. The maximum absolute atomic E-state index is 11.4. The fraction of sp³-hybridized carbons (Fsp3) is 0.400. The molecule has 11 heteroatoms. The van der Waals surface area contributed by atoms with E-state index >= 15 is 0 Å². The van der Waals surface area contributed by atoms with Crippen molar-refractivity contribution >= 4 is 21.4 Å². The second kappa shape index (κ2) is 10.8. The van der Waals surface area contributed by atoms with Crippen LogP contribution in [0.25, 0.3) is 0 Å². The van der Waals surface area contributed by atoms with Crippen molar-refractivity contribution in [3.8, 4) is 17.2 Å². The molecule has 0 aliphatic heterocycles. The Bertz CT molecular complexity index is 1010. The highest BCUT2D eigenvalue weighted by molar-refractivity contribution is 7.92. The van der Waals surface area contributed by atoms with E-state index in [0.717, 1.165) is 24.8 Å². The topological polar surface area (TPSA) is 120 Å². The van der Waals surface area contributed by atoms with Gasteiger partial charge in [-0.25, -0.2) is 8.42 Å². The van der Waals surface area contributed by atoms with Gasteiger partial charge in [-0.05, 0) is 43.3 Å². The van der Waals surface area contributed by atoms with Crippen LogP contribution in [0, 0.1) is 10.1 Å². The molecule has 0 aliphatic rings. The average molecular weight is 454 g/mol. The number of hydrogen-bond acceptors (Lipinski definition) is 8. The van der Waals surface area contributed by atoms with Gasteiger partial charge in [-0.15, -0.1) is 0 Å². The molecule has 0 saturated heterocycles. The normalized spacial score (nSPS) is 11.3. The summed E-state index contributed by atoms with van der Waals surface area (Å²) in [6, 6.07) is 9.80. The van der Waals surface area contributed by atoms with Crippen LogP contribution in [-0.4, -0.2) is 65.5 Å². The van der Waals surface area contributed by atoms with Gasteiger partial charge in [0.15, 0.2) is 11.5 Å². The summed E-state index contributed by atoms with van der Waals surface area (Å²) in [7, 11) is 1.51. The summed E-state index contributed by atoms with van der Waals surface area (Å²) in [6.07, 6.45) is 1.73. The number of anilines is 1. The Morgan fingerprint density at radius 3 is 2.39 bits per heavy atom. The molecule has 0 fully saturated rings. The first-order valence-electron chi connectivity index (χ1n) is 9.41. The molecule has 2 aromatic carbocycles. The summed E-state index contributed by atoms with van der Waals surface area (Å²) in [5.41, 5.74) is 0.631.